The van der Waals surface area contributed by atoms with E-state index < -0.39 is 12.7 Å². The van der Waals surface area contributed by atoms with Crippen LogP contribution in [0.4, 0.5) is 24.7 Å². The molecule has 1 heterocycles. The van der Waals surface area contributed by atoms with Crippen LogP contribution < -0.4 is 11.1 Å². The lowest BCUT2D eigenvalue weighted by Gasteiger charge is -2.08. The lowest BCUT2D eigenvalue weighted by molar-refractivity contribution is -0.115. The highest BCUT2D eigenvalue weighted by molar-refractivity contribution is 5.48. The summed E-state index contributed by atoms with van der Waals surface area (Å²) in [6.45, 7) is -1.11. The van der Waals surface area contributed by atoms with E-state index in [4.69, 9.17) is 5.73 Å². The van der Waals surface area contributed by atoms with Gasteiger partial charge in [-0.25, -0.2) is 4.98 Å². The molecule has 0 fully saturated rings. The Morgan fingerprint density at radius 3 is 2.69 bits per heavy atom. The van der Waals surface area contributed by atoms with Gasteiger partial charge in [0, 0.05) is 18.0 Å². The number of anilines is 2. The second-order valence-electron chi connectivity index (χ2n) is 2.44. The average molecular weight is 191 g/mol. The van der Waals surface area contributed by atoms with Crippen molar-refractivity contribution in [2.45, 2.75) is 6.18 Å². The Hall–Kier alpha value is -1.46. The van der Waals surface area contributed by atoms with E-state index in [-0.39, 0.29) is 5.82 Å². The number of nitrogens with one attached hydrogen (secondary N) is 1. The van der Waals surface area contributed by atoms with Crippen LogP contribution in [0.1, 0.15) is 0 Å². The highest BCUT2D eigenvalue weighted by Gasteiger charge is 2.26. The van der Waals surface area contributed by atoms with Crippen LogP contribution in [-0.4, -0.2) is 17.7 Å². The van der Waals surface area contributed by atoms with E-state index in [0.29, 0.717) is 5.69 Å². The normalized spacial score (nSPS) is 11.3. The van der Waals surface area contributed by atoms with Gasteiger partial charge >= 0.3 is 6.18 Å². The maximum absolute atomic E-state index is 11.7. The lowest BCUT2D eigenvalue weighted by atomic mass is 10.4. The van der Waals surface area contributed by atoms with Crippen molar-refractivity contribution in [2.24, 2.45) is 0 Å². The zero-order valence-corrected chi connectivity index (χ0v) is 6.60. The second-order valence-corrected chi connectivity index (χ2v) is 2.44. The van der Waals surface area contributed by atoms with E-state index >= 15 is 0 Å². The van der Waals surface area contributed by atoms with Crippen LogP contribution in [0.3, 0.4) is 0 Å². The number of alkyl halides is 3. The number of hydrogen-bond donors (Lipinski definition) is 2. The van der Waals surface area contributed by atoms with E-state index in [1.165, 1.54) is 18.3 Å². The lowest BCUT2D eigenvalue weighted by Crippen LogP contribution is -2.21. The Labute approximate surface area is 72.8 Å². The summed E-state index contributed by atoms with van der Waals surface area (Å²) in [5, 5.41) is 2.11. The minimum absolute atomic E-state index is 0.123. The van der Waals surface area contributed by atoms with Gasteiger partial charge in [-0.05, 0) is 6.07 Å². The van der Waals surface area contributed by atoms with Crippen LogP contribution in [0.2, 0.25) is 0 Å². The first-order valence-electron chi connectivity index (χ1n) is 3.49. The third-order valence-corrected chi connectivity index (χ3v) is 1.25. The Bertz CT molecular complexity index is 285. The number of nitrogens with zero attached hydrogens (tertiary/aromatic N) is 1. The molecule has 0 aliphatic carbocycles. The van der Waals surface area contributed by atoms with Gasteiger partial charge in [0.15, 0.2) is 0 Å². The van der Waals surface area contributed by atoms with Gasteiger partial charge in [-0.1, -0.05) is 0 Å². The molecule has 0 amide bonds. The van der Waals surface area contributed by atoms with Gasteiger partial charge in [-0.2, -0.15) is 13.2 Å². The third kappa shape index (κ3) is 3.64. The molecule has 0 bridgehead atoms. The molecule has 3 N–H and O–H groups in total. The molecule has 0 saturated carbocycles. The number of pyridine rings is 1. The SMILES string of the molecule is Nc1ccnc(NCC(F)(F)F)c1. The molecule has 1 aromatic rings. The summed E-state index contributed by atoms with van der Waals surface area (Å²) in [4.78, 5) is 3.65. The number of hydrogen-bond acceptors (Lipinski definition) is 3. The first kappa shape index (κ1) is 9.63. The Balaban J connectivity index is 2.55. The highest BCUT2D eigenvalue weighted by Crippen LogP contribution is 2.16. The number of aromatic nitrogens is 1. The van der Waals surface area contributed by atoms with Crippen molar-refractivity contribution in [3.05, 3.63) is 18.3 Å². The standard InChI is InChI=1S/C7H8F3N3/c8-7(9,10)4-13-6-3-5(11)1-2-12-6/h1-3H,4H2,(H3,11,12,13). The van der Waals surface area contributed by atoms with Crippen molar-refractivity contribution < 1.29 is 13.2 Å². The largest absolute Gasteiger partial charge is 0.405 e. The molecule has 6 heteroatoms. The summed E-state index contributed by atoms with van der Waals surface area (Å²) in [6, 6.07) is 2.84. The monoisotopic (exact) mass is 191 g/mol. The molecule has 13 heavy (non-hydrogen) atoms. The molecule has 3 nitrogen and oxygen atoms in total. The van der Waals surface area contributed by atoms with Crippen LogP contribution in [-0.2, 0) is 0 Å². The molecule has 0 unspecified atom stereocenters. The van der Waals surface area contributed by atoms with Crippen LogP contribution >= 0.6 is 0 Å². The number of nitrogen functional groups attached to an aromatic ring is 1. The average Bonchev–Trinajstić information content (AvgIpc) is 2.00. The zero-order valence-electron chi connectivity index (χ0n) is 6.60. The first-order chi connectivity index (χ1) is 5.97. The molecule has 0 aromatic carbocycles. The fraction of sp³-hybridized carbons (Fsp3) is 0.286. The maximum Gasteiger partial charge on any atom is 0.405 e. The third-order valence-electron chi connectivity index (χ3n) is 1.25. The number of nitrogens with two attached hydrogens (primary N) is 1. The van der Waals surface area contributed by atoms with E-state index in [0.717, 1.165) is 0 Å². The van der Waals surface area contributed by atoms with Crippen molar-refractivity contribution in [3.63, 3.8) is 0 Å². The van der Waals surface area contributed by atoms with Crippen molar-refractivity contribution in [1.29, 1.82) is 0 Å². The van der Waals surface area contributed by atoms with Crippen molar-refractivity contribution in [1.82, 2.24) is 4.98 Å². The fourth-order valence-corrected chi connectivity index (χ4v) is 0.734. The molecule has 0 spiro atoms. The predicted octanol–water partition coefficient (Wildman–Crippen LogP) is 1.64. The minimum Gasteiger partial charge on any atom is -0.399 e. The molecular formula is C7H8F3N3. The van der Waals surface area contributed by atoms with E-state index in [1.54, 1.807) is 0 Å². The van der Waals surface area contributed by atoms with Gasteiger partial charge in [0.05, 0.1) is 0 Å². The Kier molecular flexibility index (Phi) is 2.60. The predicted molar refractivity (Wildman–Crippen MR) is 43.2 cm³/mol. The molecule has 0 radical (unpaired) electrons. The van der Waals surface area contributed by atoms with Gasteiger partial charge in [0.25, 0.3) is 0 Å². The molecule has 0 saturated heterocycles. The molecule has 0 aliphatic rings. The van der Waals surface area contributed by atoms with Crippen LogP contribution in [0.15, 0.2) is 18.3 Å². The van der Waals surface area contributed by atoms with Gasteiger partial charge < -0.3 is 11.1 Å². The van der Waals surface area contributed by atoms with E-state index in [9.17, 15) is 13.2 Å². The Morgan fingerprint density at radius 1 is 1.46 bits per heavy atom. The Morgan fingerprint density at radius 2 is 2.15 bits per heavy atom. The summed E-state index contributed by atoms with van der Waals surface area (Å²) < 4.78 is 35.2. The van der Waals surface area contributed by atoms with E-state index in [2.05, 4.69) is 10.3 Å². The van der Waals surface area contributed by atoms with Gasteiger partial charge in [0.2, 0.25) is 0 Å². The van der Waals surface area contributed by atoms with Crippen LogP contribution in [0.5, 0.6) is 0 Å². The van der Waals surface area contributed by atoms with Crippen molar-refractivity contribution in [3.8, 4) is 0 Å². The second kappa shape index (κ2) is 3.51. The van der Waals surface area contributed by atoms with Gasteiger partial charge in [-0.3, -0.25) is 0 Å². The van der Waals surface area contributed by atoms with Crippen molar-refractivity contribution >= 4 is 11.5 Å². The van der Waals surface area contributed by atoms with Crippen LogP contribution in [0.25, 0.3) is 0 Å². The highest BCUT2D eigenvalue weighted by atomic mass is 19.4. The van der Waals surface area contributed by atoms with E-state index in [1.807, 2.05) is 0 Å². The summed E-state index contributed by atoms with van der Waals surface area (Å²) in [5.74, 6) is 0.123. The molecule has 0 atom stereocenters. The molecule has 0 aliphatic heterocycles. The topological polar surface area (TPSA) is 50.9 Å². The quantitative estimate of drug-likeness (QED) is 0.747. The summed E-state index contributed by atoms with van der Waals surface area (Å²) in [6.07, 6.45) is -2.90. The fourth-order valence-electron chi connectivity index (χ4n) is 0.734. The molecule has 1 aromatic heterocycles. The molecular weight excluding hydrogens is 183 g/mol. The maximum atomic E-state index is 11.7. The zero-order chi connectivity index (χ0) is 9.90. The number of rotatable bonds is 2. The van der Waals surface area contributed by atoms with Crippen molar-refractivity contribution in [2.75, 3.05) is 17.6 Å². The van der Waals surface area contributed by atoms with Gasteiger partial charge in [0.1, 0.15) is 12.4 Å². The summed E-state index contributed by atoms with van der Waals surface area (Å²) >= 11 is 0. The number of halogens is 3. The van der Waals surface area contributed by atoms with Gasteiger partial charge in [-0.15, -0.1) is 0 Å². The molecule has 72 valence electrons. The summed E-state index contributed by atoms with van der Waals surface area (Å²) in [5.41, 5.74) is 5.71. The summed E-state index contributed by atoms with van der Waals surface area (Å²) in [7, 11) is 0. The first-order valence-corrected chi connectivity index (χ1v) is 3.49. The van der Waals surface area contributed by atoms with Crippen LogP contribution in [0, 0.1) is 0 Å². The smallest absolute Gasteiger partial charge is 0.399 e. The molecule has 1 rings (SSSR count). The minimum atomic E-state index is -4.24.